The third-order valence-electron chi connectivity index (χ3n) is 2.49. The smallest absolute Gasteiger partial charge is 0.311 e. The van der Waals surface area contributed by atoms with Crippen molar-refractivity contribution in [3.05, 3.63) is 46.5 Å². The van der Waals surface area contributed by atoms with Crippen LogP contribution >= 0.6 is 0 Å². The van der Waals surface area contributed by atoms with Gasteiger partial charge in [0, 0.05) is 18.2 Å². The van der Waals surface area contributed by atoms with E-state index in [4.69, 9.17) is 4.74 Å². The van der Waals surface area contributed by atoms with Crippen molar-refractivity contribution >= 4 is 17.5 Å². The van der Waals surface area contributed by atoms with E-state index in [2.05, 4.69) is 17.2 Å². The molecule has 0 saturated carbocycles. The number of hydrogen-bond acceptors (Lipinski definition) is 5. The average Bonchev–Trinajstić information content (AvgIpc) is 2.49. The average molecular weight is 293 g/mol. The normalized spacial score (nSPS) is 9.57. The van der Waals surface area contributed by atoms with Gasteiger partial charge in [0.1, 0.15) is 0 Å². The Labute approximate surface area is 120 Å². The van der Waals surface area contributed by atoms with Crippen molar-refractivity contribution in [3.8, 4) is 5.75 Å². The van der Waals surface area contributed by atoms with E-state index in [0.717, 1.165) is 6.07 Å². The first-order valence-corrected chi connectivity index (χ1v) is 5.97. The molecular formula is C13H15N3O5. The summed E-state index contributed by atoms with van der Waals surface area (Å²) in [7, 11) is 1.30. The fourth-order valence-corrected chi connectivity index (χ4v) is 1.49. The van der Waals surface area contributed by atoms with Gasteiger partial charge >= 0.3 is 5.69 Å². The highest BCUT2D eigenvalue weighted by atomic mass is 16.6. The van der Waals surface area contributed by atoms with Gasteiger partial charge in [-0.25, -0.2) is 0 Å². The number of benzene rings is 1. The maximum absolute atomic E-state index is 11.8. The molecular weight excluding hydrogens is 278 g/mol. The summed E-state index contributed by atoms with van der Waals surface area (Å²) >= 11 is 0. The minimum atomic E-state index is -0.646. The lowest BCUT2D eigenvalue weighted by atomic mass is 10.1. The number of ether oxygens (including phenoxy) is 1. The lowest BCUT2D eigenvalue weighted by Gasteiger charge is -2.07. The number of hydrogen-bond donors (Lipinski definition) is 2. The Morgan fingerprint density at radius 1 is 1.43 bits per heavy atom. The molecule has 0 aromatic heterocycles. The Morgan fingerprint density at radius 2 is 2.14 bits per heavy atom. The Morgan fingerprint density at radius 3 is 2.71 bits per heavy atom. The van der Waals surface area contributed by atoms with E-state index in [-0.39, 0.29) is 29.5 Å². The molecule has 0 atom stereocenters. The van der Waals surface area contributed by atoms with Crippen molar-refractivity contribution in [2.45, 2.75) is 0 Å². The van der Waals surface area contributed by atoms with Crippen LogP contribution in [0, 0.1) is 10.1 Å². The number of carbonyl (C=O) groups is 2. The van der Waals surface area contributed by atoms with Gasteiger partial charge in [-0.05, 0) is 12.1 Å². The zero-order chi connectivity index (χ0) is 15.8. The molecule has 21 heavy (non-hydrogen) atoms. The third-order valence-corrected chi connectivity index (χ3v) is 2.49. The first-order valence-electron chi connectivity index (χ1n) is 5.97. The van der Waals surface area contributed by atoms with Crippen LogP contribution in [0.1, 0.15) is 10.4 Å². The molecule has 2 amide bonds. The lowest BCUT2D eigenvalue weighted by molar-refractivity contribution is -0.385. The summed E-state index contributed by atoms with van der Waals surface area (Å²) in [5.41, 5.74) is -0.250. The minimum Gasteiger partial charge on any atom is -0.490 e. The Balaban J connectivity index is 2.74. The summed E-state index contributed by atoms with van der Waals surface area (Å²) in [5, 5.41) is 15.7. The number of nitro groups is 1. The number of methoxy groups -OCH3 is 1. The molecule has 1 aromatic carbocycles. The third kappa shape index (κ3) is 4.60. The molecule has 0 aliphatic rings. The van der Waals surface area contributed by atoms with Gasteiger partial charge in [0.05, 0.1) is 18.6 Å². The SMILES string of the molecule is C=CCNC(=O)CNC(=O)c1ccc(OC)c([N+](=O)[O-])c1. The molecule has 0 aliphatic carbocycles. The van der Waals surface area contributed by atoms with Crippen LogP contribution in [0.2, 0.25) is 0 Å². The zero-order valence-corrected chi connectivity index (χ0v) is 11.4. The molecule has 0 saturated heterocycles. The molecule has 112 valence electrons. The first kappa shape index (κ1) is 16.2. The second kappa shape index (κ2) is 7.63. The maximum atomic E-state index is 11.8. The van der Waals surface area contributed by atoms with Crippen molar-refractivity contribution < 1.29 is 19.2 Å². The fourth-order valence-electron chi connectivity index (χ4n) is 1.49. The second-order valence-electron chi connectivity index (χ2n) is 3.92. The van der Waals surface area contributed by atoms with Crippen LogP contribution < -0.4 is 15.4 Å². The van der Waals surface area contributed by atoms with Crippen molar-refractivity contribution in [1.82, 2.24) is 10.6 Å². The van der Waals surface area contributed by atoms with Gasteiger partial charge in [0.25, 0.3) is 5.91 Å². The van der Waals surface area contributed by atoms with E-state index < -0.39 is 10.8 Å². The van der Waals surface area contributed by atoms with Gasteiger partial charge in [0.2, 0.25) is 5.91 Å². The van der Waals surface area contributed by atoms with Crippen LogP contribution in [0.4, 0.5) is 5.69 Å². The molecule has 2 N–H and O–H groups in total. The molecule has 0 aliphatic heterocycles. The second-order valence-corrected chi connectivity index (χ2v) is 3.92. The molecule has 0 heterocycles. The van der Waals surface area contributed by atoms with Gasteiger partial charge in [-0.15, -0.1) is 6.58 Å². The van der Waals surface area contributed by atoms with Crippen LogP contribution in [0.3, 0.4) is 0 Å². The summed E-state index contributed by atoms with van der Waals surface area (Å²) in [5.74, 6) is -0.916. The van der Waals surface area contributed by atoms with Crippen molar-refractivity contribution in [2.75, 3.05) is 20.2 Å². The van der Waals surface area contributed by atoms with Gasteiger partial charge in [-0.3, -0.25) is 19.7 Å². The summed E-state index contributed by atoms with van der Waals surface area (Å²) in [6, 6.07) is 3.80. The molecule has 8 nitrogen and oxygen atoms in total. The van der Waals surface area contributed by atoms with Crippen LogP contribution in [0.5, 0.6) is 5.75 Å². The predicted octanol–water partition coefficient (Wildman–Crippen LogP) is 0.635. The van der Waals surface area contributed by atoms with Crippen LogP contribution in [-0.2, 0) is 4.79 Å². The molecule has 8 heteroatoms. The van der Waals surface area contributed by atoms with Crippen LogP contribution in [0.25, 0.3) is 0 Å². The largest absolute Gasteiger partial charge is 0.490 e. The maximum Gasteiger partial charge on any atom is 0.311 e. The van der Waals surface area contributed by atoms with Crippen LogP contribution in [0.15, 0.2) is 30.9 Å². The van der Waals surface area contributed by atoms with Gasteiger partial charge < -0.3 is 15.4 Å². The molecule has 0 spiro atoms. The first-order chi connectivity index (χ1) is 9.99. The predicted molar refractivity (Wildman–Crippen MR) is 75.2 cm³/mol. The molecule has 0 radical (unpaired) electrons. The molecule has 0 fully saturated rings. The molecule has 0 unspecified atom stereocenters. The summed E-state index contributed by atoms with van der Waals surface area (Å²) in [4.78, 5) is 33.3. The Hall–Kier alpha value is -2.90. The molecule has 0 bridgehead atoms. The Bertz CT molecular complexity index is 571. The molecule has 1 aromatic rings. The lowest BCUT2D eigenvalue weighted by Crippen LogP contribution is -2.36. The van der Waals surface area contributed by atoms with Gasteiger partial charge in [0.15, 0.2) is 5.75 Å². The quantitative estimate of drug-likeness (QED) is 0.435. The minimum absolute atomic E-state index is 0.0558. The van der Waals surface area contributed by atoms with E-state index >= 15 is 0 Å². The monoisotopic (exact) mass is 293 g/mol. The highest BCUT2D eigenvalue weighted by Crippen LogP contribution is 2.27. The van der Waals surface area contributed by atoms with Gasteiger partial charge in [-0.2, -0.15) is 0 Å². The van der Waals surface area contributed by atoms with E-state index in [9.17, 15) is 19.7 Å². The summed E-state index contributed by atoms with van der Waals surface area (Å²) in [6.45, 7) is 3.50. The zero-order valence-electron chi connectivity index (χ0n) is 11.4. The number of carbonyl (C=O) groups excluding carboxylic acids is 2. The van der Waals surface area contributed by atoms with E-state index in [1.54, 1.807) is 0 Å². The Kier molecular flexibility index (Phi) is 5.87. The highest BCUT2D eigenvalue weighted by Gasteiger charge is 2.18. The highest BCUT2D eigenvalue weighted by molar-refractivity contribution is 5.97. The summed E-state index contributed by atoms with van der Waals surface area (Å²) in [6.07, 6.45) is 1.51. The number of nitrogens with zero attached hydrogens (tertiary/aromatic N) is 1. The standard InChI is InChI=1S/C13H15N3O5/c1-3-6-14-12(17)8-15-13(18)9-4-5-11(21-2)10(7-9)16(19)20/h3-5,7H,1,6,8H2,2H3,(H,14,17)(H,15,18). The van der Waals surface area contributed by atoms with E-state index in [1.165, 1.54) is 25.3 Å². The van der Waals surface area contributed by atoms with Crippen LogP contribution in [-0.4, -0.2) is 36.9 Å². The number of rotatable bonds is 7. The number of amides is 2. The number of nitrogens with one attached hydrogen (secondary N) is 2. The fraction of sp³-hybridized carbons (Fsp3) is 0.231. The van der Waals surface area contributed by atoms with Crippen molar-refractivity contribution in [1.29, 1.82) is 0 Å². The van der Waals surface area contributed by atoms with E-state index in [1.807, 2.05) is 0 Å². The van der Waals surface area contributed by atoms with Crippen molar-refractivity contribution in [3.63, 3.8) is 0 Å². The summed E-state index contributed by atoms with van der Waals surface area (Å²) < 4.78 is 4.84. The topological polar surface area (TPSA) is 111 Å². The van der Waals surface area contributed by atoms with Gasteiger partial charge in [-0.1, -0.05) is 6.08 Å². The van der Waals surface area contributed by atoms with E-state index in [0.29, 0.717) is 6.54 Å². The molecule has 1 rings (SSSR count). The van der Waals surface area contributed by atoms with Crippen molar-refractivity contribution in [2.24, 2.45) is 0 Å². The number of nitro benzene ring substituents is 1.